The van der Waals surface area contributed by atoms with Crippen molar-refractivity contribution in [2.24, 2.45) is 5.92 Å². The normalized spacial score (nSPS) is 25.3. The summed E-state index contributed by atoms with van der Waals surface area (Å²) in [4.78, 5) is 30.9. The maximum atomic E-state index is 13.4. The summed E-state index contributed by atoms with van der Waals surface area (Å²) in [5.41, 5.74) is 4.58. The van der Waals surface area contributed by atoms with Gasteiger partial charge in [0.25, 0.3) is 17.3 Å². The molecule has 1 aromatic carbocycles. The third-order valence-electron chi connectivity index (χ3n) is 8.47. The van der Waals surface area contributed by atoms with Crippen molar-refractivity contribution in [3.05, 3.63) is 56.0 Å². The van der Waals surface area contributed by atoms with Gasteiger partial charge in [-0.05, 0) is 97.0 Å². The summed E-state index contributed by atoms with van der Waals surface area (Å²) >= 11 is 0. The number of nitrogens with one attached hydrogen (secondary N) is 2. The number of H-pyrrole nitrogens is 1. The largest absolute Gasteiger partial charge is 0.448 e. The lowest BCUT2D eigenvalue weighted by molar-refractivity contribution is -0.123. The molecule has 2 saturated carbocycles. The Labute approximate surface area is 213 Å². The number of hydrogen-bond donors (Lipinski definition) is 2. The van der Waals surface area contributed by atoms with Crippen molar-refractivity contribution in [3.63, 3.8) is 0 Å². The van der Waals surface area contributed by atoms with Crippen LogP contribution in [0.3, 0.4) is 0 Å². The fraction of sp³-hybridized carbons (Fsp3) is 0.586. The second-order valence-corrected chi connectivity index (χ2v) is 11.4. The number of ether oxygens (including phenoxy) is 2. The molecule has 2 fully saturated rings. The number of pyridine rings is 1. The Hall–Kier alpha value is -2.80. The average Bonchev–Trinajstić information content (AvgIpc) is 3.59. The first-order valence-corrected chi connectivity index (χ1v) is 13.3. The highest BCUT2D eigenvalue weighted by atomic mass is 16.7. The van der Waals surface area contributed by atoms with Crippen LogP contribution in [0.25, 0.3) is 0 Å². The van der Waals surface area contributed by atoms with E-state index >= 15 is 0 Å². The SMILES string of the molecule is Cc1cc(C)c(CNC(=O)c2cc(C3CC3)c3c(c2C)OC(C)([C@H]2CC[C@H](N(C)C)CC2)O3)c(=O)[nH]1. The van der Waals surface area contributed by atoms with E-state index in [1.807, 2.05) is 32.9 Å². The lowest BCUT2D eigenvalue weighted by atomic mass is 9.81. The van der Waals surface area contributed by atoms with Crippen molar-refractivity contribution in [2.45, 2.75) is 90.5 Å². The smallest absolute Gasteiger partial charge is 0.253 e. The van der Waals surface area contributed by atoms with Gasteiger partial charge in [-0.2, -0.15) is 0 Å². The van der Waals surface area contributed by atoms with Gasteiger partial charge in [-0.1, -0.05) is 0 Å². The minimum Gasteiger partial charge on any atom is -0.448 e. The number of benzene rings is 1. The van der Waals surface area contributed by atoms with Gasteiger partial charge >= 0.3 is 0 Å². The molecule has 1 unspecified atom stereocenters. The molecule has 0 bridgehead atoms. The van der Waals surface area contributed by atoms with Crippen LogP contribution in [0.15, 0.2) is 16.9 Å². The molecule has 1 aromatic heterocycles. The molecule has 0 saturated heterocycles. The van der Waals surface area contributed by atoms with E-state index in [1.165, 1.54) is 0 Å². The third kappa shape index (κ3) is 4.54. The Balaban J connectivity index is 1.39. The summed E-state index contributed by atoms with van der Waals surface area (Å²) in [6.07, 6.45) is 6.59. The van der Waals surface area contributed by atoms with Gasteiger partial charge in [0.2, 0.25) is 0 Å². The molecule has 2 aromatic rings. The molecule has 194 valence electrons. The van der Waals surface area contributed by atoms with Gasteiger partial charge in [-0.3, -0.25) is 9.59 Å². The minimum atomic E-state index is -0.713. The van der Waals surface area contributed by atoms with Gasteiger partial charge in [0.05, 0.1) is 0 Å². The molecule has 2 aliphatic carbocycles. The maximum Gasteiger partial charge on any atom is 0.253 e. The van der Waals surface area contributed by atoms with E-state index in [9.17, 15) is 9.59 Å². The molecule has 1 aliphatic heterocycles. The van der Waals surface area contributed by atoms with Crippen LogP contribution in [0.2, 0.25) is 0 Å². The Bertz CT molecular complexity index is 1240. The number of hydrogen-bond acceptors (Lipinski definition) is 5. The lowest BCUT2D eigenvalue weighted by Crippen LogP contribution is -2.46. The summed E-state index contributed by atoms with van der Waals surface area (Å²) in [5.74, 6) is 1.35. The Kier molecular flexibility index (Phi) is 6.39. The molecular weight excluding hydrogens is 454 g/mol. The Morgan fingerprint density at radius 3 is 2.33 bits per heavy atom. The predicted molar refractivity (Wildman–Crippen MR) is 140 cm³/mol. The van der Waals surface area contributed by atoms with Crippen LogP contribution in [0, 0.1) is 26.7 Å². The second-order valence-electron chi connectivity index (χ2n) is 11.4. The zero-order valence-corrected chi connectivity index (χ0v) is 22.4. The molecule has 2 N–H and O–H groups in total. The highest BCUT2D eigenvalue weighted by molar-refractivity contribution is 5.97. The average molecular weight is 494 g/mol. The van der Waals surface area contributed by atoms with E-state index < -0.39 is 5.79 Å². The highest BCUT2D eigenvalue weighted by Crippen LogP contribution is 2.55. The van der Waals surface area contributed by atoms with Gasteiger partial charge in [-0.15, -0.1) is 0 Å². The third-order valence-corrected chi connectivity index (χ3v) is 8.47. The molecule has 5 rings (SSSR count). The van der Waals surface area contributed by atoms with Crippen LogP contribution in [-0.2, 0) is 6.54 Å². The van der Waals surface area contributed by atoms with E-state index in [0.29, 0.717) is 34.8 Å². The number of nitrogens with zero attached hydrogens (tertiary/aromatic N) is 1. The topological polar surface area (TPSA) is 83.7 Å². The van der Waals surface area contributed by atoms with Crippen LogP contribution in [-0.4, -0.2) is 41.7 Å². The van der Waals surface area contributed by atoms with Crippen molar-refractivity contribution in [2.75, 3.05) is 14.1 Å². The van der Waals surface area contributed by atoms with Crippen molar-refractivity contribution < 1.29 is 14.3 Å². The molecule has 7 heteroatoms. The number of fused-ring (bicyclic) bond motifs is 1. The summed E-state index contributed by atoms with van der Waals surface area (Å²) in [7, 11) is 4.30. The number of aromatic amines is 1. The number of carbonyl (C=O) groups is 1. The second kappa shape index (κ2) is 9.25. The molecule has 7 nitrogen and oxygen atoms in total. The summed E-state index contributed by atoms with van der Waals surface area (Å²) in [6.45, 7) is 7.93. The fourth-order valence-electron chi connectivity index (χ4n) is 5.99. The number of aryl methyl sites for hydroxylation is 2. The van der Waals surface area contributed by atoms with Crippen molar-refractivity contribution in [3.8, 4) is 11.5 Å². The quantitative estimate of drug-likeness (QED) is 0.609. The maximum absolute atomic E-state index is 13.4. The molecule has 2 heterocycles. The van der Waals surface area contributed by atoms with E-state index in [0.717, 1.165) is 66.7 Å². The van der Waals surface area contributed by atoms with Gasteiger partial charge < -0.3 is 24.7 Å². The fourth-order valence-corrected chi connectivity index (χ4v) is 5.99. The van der Waals surface area contributed by atoms with Gasteiger partial charge in [0, 0.05) is 53.4 Å². The number of amides is 1. The van der Waals surface area contributed by atoms with Crippen molar-refractivity contribution in [1.82, 2.24) is 15.2 Å². The van der Waals surface area contributed by atoms with E-state index in [1.54, 1.807) is 0 Å². The van der Waals surface area contributed by atoms with Gasteiger partial charge in [0.15, 0.2) is 11.5 Å². The Morgan fingerprint density at radius 1 is 1.06 bits per heavy atom. The number of rotatable bonds is 6. The number of aromatic nitrogens is 1. The minimum absolute atomic E-state index is 0.159. The first kappa shape index (κ1) is 24.9. The molecule has 1 amide bonds. The standard InChI is InChI=1S/C29H39N3O4/c1-16-13-17(2)31-28(34)24(16)15-30-27(33)22-14-23(19-7-8-19)26-25(18(22)3)35-29(4,36-26)20-9-11-21(12-10-20)32(5)6/h13-14,19-21H,7-12,15H2,1-6H3,(H,30,33)(H,31,34)/t20-,21-,29?. The van der Waals surface area contributed by atoms with Crippen LogP contribution < -0.4 is 20.3 Å². The lowest BCUT2D eigenvalue weighted by Gasteiger charge is -2.39. The molecule has 36 heavy (non-hydrogen) atoms. The predicted octanol–water partition coefficient (Wildman–Crippen LogP) is 4.72. The van der Waals surface area contributed by atoms with Crippen molar-refractivity contribution >= 4 is 5.91 Å². The molecular formula is C29H39N3O4. The van der Waals surface area contributed by atoms with Crippen LogP contribution >= 0.6 is 0 Å². The zero-order valence-electron chi connectivity index (χ0n) is 22.4. The van der Waals surface area contributed by atoms with Crippen LogP contribution in [0.4, 0.5) is 0 Å². The molecule has 0 radical (unpaired) electrons. The van der Waals surface area contributed by atoms with E-state index in [-0.39, 0.29) is 18.0 Å². The van der Waals surface area contributed by atoms with Crippen molar-refractivity contribution in [1.29, 1.82) is 0 Å². The Morgan fingerprint density at radius 2 is 1.72 bits per heavy atom. The molecule has 3 aliphatic rings. The number of carbonyl (C=O) groups excluding carboxylic acids is 1. The summed E-state index contributed by atoms with van der Waals surface area (Å²) in [5, 5.41) is 2.97. The van der Waals surface area contributed by atoms with Crippen LogP contribution in [0.5, 0.6) is 11.5 Å². The van der Waals surface area contributed by atoms with Crippen LogP contribution in [0.1, 0.15) is 89.7 Å². The zero-order chi connectivity index (χ0) is 25.8. The molecule has 1 atom stereocenters. The van der Waals surface area contributed by atoms with E-state index in [2.05, 4.69) is 36.2 Å². The van der Waals surface area contributed by atoms with E-state index in [4.69, 9.17) is 9.47 Å². The van der Waals surface area contributed by atoms with Gasteiger partial charge in [0.1, 0.15) is 0 Å². The summed E-state index contributed by atoms with van der Waals surface area (Å²) < 4.78 is 13.2. The highest BCUT2D eigenvalue weighted by Gasteiger charge is 2.48. The molecule has 0 spiro atoms. The first-order valence-electron chi connectivity index (χ1n) is 13.3. The first-order chi connectivity index (χ1) is 17.1. The monoisotopic (exact) mass is 493 g/mol. The van der Waals surface area contributed by atoms with Gasteiger partial charge in [-0.25, -0.2) is 0 Å². The summed E-state index contributed by atoms with van der Waals surface area (Å²) in [6, 6.07) is 4.52.